The lowest BCUT2D eigenvalue weighted by molar-refractivity contribution is -0.119. The lowest BCUT2D eigenvalue weighted by atomic mass is 9.90. The molecule has 0 bridgehead atoms. The minimum absolute atomic E-state index is 0. The fraction of sp³-hybridized carbons (Fsp3) is 0.353. The van der Waals surface area contributed by atoms with Gasteiger partial charge in [-0.3, -0.25) is 9.48 Å². The van der Waals surface area contributed by atoms with Crippen molar-refractivity contribution in [1.82, 2.24) is 20.1 Å². The van der Waals surface area contributed by atoms with E-state index in [-0.39, 0.29) is 30.2 Å². The number of thiazole rings is 1. The summed E-state index contributed by atoms with van der Waals surface area (Å²) in [6.07, 6.45) is 3.83. The van der Waals surface area contributed by atoms with E-state index < -0.39 is 0 Å². The highest BCUT2D eigenvalue weighted by atomic mass is 35.5. The van der Waals surface area contributed by atoms with Crippen LogP contribution in [0.5, 0.6) is 0 Å². The molecule has 0 radical (unpaired) electrons. The number of carbonyl (C=O) groups excluding carboxylic acids is 1. The highest BCUT2D eigenvalue weighted by Gasteiger charge is 2.35. The molecule has 4 rings (SSSR count). The predicted molar refractivity (Wildman–Crippen MR) is 108 cm³/mol. The third-order valence-electron chi connectivity index (χ3n) is 4.43. The van der Waals surface area contributed by atoms with Gasteiger partial charge in [0.2, 0.25) is 5.91 Å². The van der Waals surface area contributed by atoms with E-state index in [0.29, 0.717) is 11.7 Å². The minimum Gasteiger partial charge on any atom is -0.315 e. The largest absolute Gasteiger partial charge is 0.315 e. The van der Waals surface area contributed by atoms with Gasteiger partial charge in [-0.05, 0) is 24.6 Å². The number of halogens is 1. The molecule has 1 amide bonds. The van der Waals surface area contributed by atoms with E-state index in [4.69, 9.17) is 0 Å². The van der Waals surface area contributed by atoms with E-state index in [2.05, 4.69) is 39.8 Å². The maximum Gasteiger partial charge on any atom is 0.231 e. The molecule has 0 unspecified atom stereocenters. The van der Waals surface area contributed by atoms with Crippen molar-refractivity contribution in [2.45, 2.75) is 12.8 Å². The van der Waals surface area contributed by atoms with E-state index in [0.717, 1.165) is 22.7 Å². The van der Waals surface area contributed by atoms with Crippen LogP contribution in [0.3, 0.4) is 0 Å². The van der Waals surface area contributed by atoms with Gasteiger partial charge in [-0.15, -0.1) is 35.1 Å². The van der Waals surface area contributed by atoms with Crippen molar-refractivity contribution >= 4 is 46.1 Å². The van der Waals surface area contributed by atoms with Gasteiger partial charge in [0.15, 0.2) is 5.13 Å². The third kappa shape index (κ3) is 3.83. The predicted octanol–water partition coefficient (Wildman–Crippen LogP) is 3.28. The van der Waals surface area contributed by atoms with Crippen molar-refractivity contribution in [2.24, 2.45) is 13.0 Å². The van der Waals surface area contributed by atoms with Crippen LogP contribution in [0.4, 0.5) is 5.13 Å². The Hall–Kier alpha value is -1.74. The maximum atomic E-state index is 12.7. The number of rotatable bonds is 4. The number of hydrogen-bond acceptors (Lipinski definition) is 6. The fourth-order valence-electron chi connectivity index (χ4n) is 3.15. The molecule has 1 aliphatic rings. The Morgan fingerprint density at radius 1 is 1.38 bits per heavy atom. The van der Waals surface area contributed by atoms with E-state index in [1.807, 2.05) is 24.8 Å². The van der Waals surface area contributed by atoms with Crippen LogP contribution in [0.25, 0.3) is 10.6 Å². The minimum atomic E-state index is -0.111. The molecule has 9 heteroatoms. The molecule has 0 saturated carbocycles. The maximum absolute atomic E-state index is 12.7. The lowest BCUT2D eigenvalue weighted by Crippen LogP contribution is -2.27. The van der Waals surface area contributed by atoms with Gasteiger partial charge in [0.05, 0.1) is 22.7 Å². The molecule has 0 spiro atoms. The molecule has 2 N–H and O–H groups in total. The summed E-state index contributed by atoms with van der Waals surface area (Å²) < 4.78 is 1.78. The topological polar surface area (TPSA) is 71.8 Å². The summed E-state index contributed by atoms with van der Waals surface area (Å²) in [5, 5.41) is 13.2. The molecule has 0 aromatic carbocycles. The molecular formula is C17H20ClN5OS2. The molecular weight excluding hydrogens is 390 g/mol. The van der Waals surface area contributed by atoms with Gasteiger partial charge in [0.25, 0.3) is 0 Å². The number of carbonyl (C=O) groups is 1. The molecule has 4 heterocycles. The molecule has 3 aromatic heterocycles. The molecule has 0 aliphatic carbocycles. The number of thiophene rings is 1. The first-order chi connectivity index (χ1) is 12.1. The lowest BCUT2D eigenvalue weighted by Gasteiger charge is -2.15. The van der Waals surface area contributed by atoms with Crippen molar-refractivity contribution in [3.8, 4) is 10.6 Å². The Morgan fingerprint density at radius 2 is 2.23 bits per heavy atom. The van der Waals surface area contributed by atoms with Gasteiger partial charge in [-0.25, -0.2) is 4.98 Å². The highest BCUT2D eigenvalue weighted by Crippen LogP contribution is 2.32. The summed E-state index contributed by atoms with van der Waals surface area (Å²) in [5.74, 6) is 0.0516. The number of hydrogen-bond donors (Lipinski definition) is 2. The molecule has 1 aliphatic heterocycles. The zero-order valence-corrected chi connectivity index (χ0v) is 16.9. The first kappa shape index (κ1) is 19.0. The quantitative estimate of drug-likeness (QED) is 0.693. The zero-order chi connectivity index (χ0) is 17.4. The van der Waals surface area contributed by atoms with Crippen LogP contribution in [0.1, 0.15) is 16.4 Å². The first-order valence-corrected chi connectivity index (χ1v) is 9.82. The smallest absolute Gasteiger partial charge is 0.231 e. The average Bonchev–Trinajstić information content (AvgIpc) is 3.32. The van der Waals surface area contributed by atoms with Gasteiger partial charge in [0.1, 0.15) is 0 Å². The van der Waals surface area contributed by atoms with Crippen LogP contribution < -0.4 is 10.6 Å². The number of nitrogens with zero attached hydrogens (tertiary/aromatic N) is 3. The summed E-state index contributed by atoms with van der Waals surface area (Å²) >= 11 is 3.18. The van der Waals surface area contributed by atoms with Gasteiger partial charge in [-0.2, -0.15) is 5.10 Å². The fourth-order valence-corrected chi connectivity index (χ4v) is 4.77. The van der Waals surface area contributed by atoms with Crippen LogP contribution in [0, 0.1) is 12.8 Å². The van der Waals surface area contributed by atoms with Crippen LogP contribution >= 0.6 is 35.1 Å². The van der Waals surface area contributed by atoms with Crippen molar-refractivity contribution < 1.29 is 4.79 Å². The van der Waals surface area contributed by atoms with Crippen molar-refractivity contribution in [2.75, 3.05) is 18.4 Å². The van der Waals surface area contributed by atoms with Gasteiger partial charge in [0, 0.05) is 42.5 Å². The second-order valence-corrected chi connectivity index (χ2v) is 8.40. The Balaban J connectivity index is 0.00000196. The molecule has 26 heavy (non-hydrogen) atoms. The normalized spacial score (nSPS) is 19.3. The zero-order valence-electron chi connectivity index (χ0n) is 14.4. The number of aromatic nitrogens is 3. The van der Waals surface area contributed by atoms with Gasteiger partial charge >= 0.3 is 0 Å². The summed E-state index contributed by atoms with van der Waals surface area (Å²) in [6, 6.07) is 4.15. The van der Waals surface area contributed by atoms with E-state index in [1.54, 1.807) is 16.0 Å². The molecule has 6 nitrogen and oxygen atoms in total. The van der Waals surface area contributed by atoms with Crippen LogP contribution in [0.2, 0.25) is 0 Å². The van der Waals surface area contributed by atoms with Gasteiger partial charge in [-0.1, -0.05) is 0 Å². The molecule has 1 fully saturated rings. The van der Waals surface area contributed by atoms with Crippen LogP contribution in [0.15, 0.2) is 29.9 Å². The summed E-state index contributed by atoms with van der Waals surface area (Å²) in [5.41, 5.74) is 2.02. The molecule has 1 saturated heterocycles. The van der Waals surface area contributed by atoms with Crippen molar-refractivity contribution in [1.29, 1.82) is 0 Å². The molecule has 138 valence electrons. The van der Waals surface area contributed by atoms with Crippen molar-refractivity contribution in [3.63, 3.8) is 0 Å². The number of nitrogens with one attached hydrogen (secondary N) is 2. The average molecular weight is 410 g/mol. The highest BCUT2D eigenvalue weighted by molar-refractivity contribution is 7.17. The first-order valence-electron chi connectivity index (χ1n) is 8.12. The summed E-state index contributed by atoms with van der Waals surface area (Å²) in [4.78, 5) is 19.7. The number of amides is 1. The molecule has 3 aromatic rings. The Bertz CT molecular complexity index is 903. The Labute approximate surface area is 166 Å². The summed E-state index contributed by atoms with van der Waals surface area (Å²) in [7, 11) is 1.89. The van der Waals surface area contributed by atoms with E-state index in [9.17, 15) is 4.79 Å². The molecule has 2 atom stereocenters. The van der Waals surface area contributed by atoms with Crippen molar-refractivity contribution in [3.05, 3.63) is 40.3 Å². The third-order valence-corrected chi connectivity index (χ3v) is 6.21. The Kier molecular flexibility index (Phi) is 5.76. The van der Waals surface area contributed by atoms with Gasteiger partial charge < -0.3 is 10.6 Å². The Morgan fingerprint density at radius 3 is 2.92 bits per heavy atom. The SMILES string of the molecule is Cc1ccc(-c2csc(NC(=O)[C@H]3CNC[C@@H]3c3cnn(C)c3)n2)s1.Cl. The van der Waals surface area contributed by atoms with Crippen LogP contribution in [-0.2, 0) is 11.8 Å². The number of anilines is 1. The van der Waals surface area contributed by atoms with E-state index in [1.165, 1.54) is 16.2 Å². The summed E-state index contributed by atoms with van der Waals surface area (Å²) in [6.45, 7) is 3.55. The second kappa shape index (κ2) is 7.87. The standard InChI is InChI=1S/C17H19N5OS2.ClH/c1-10-3-4-15(25-10)14-9-24-17(20-14)21-16(23)13-7-18-6-12(13)11-5-19-22(2)8-11;/h3-5,8-9,12-13,18H,6-7H2,1-2H3,(H,20,21,23);1H/t12-,13+;/m1./s1. The number of aryl methyl sites for hydroxylation is 2. The van der Waals surface area contributed by atoms with Crippen LogP contribution in [-0.4, -0.2) is 33.8 Å². The van der Waals surface area contributed by atoms with E-state index >= 15 is 0 Å². The second-order valence-electron chi connectivity index (χ2n) is 6.26. The monoisotopic (exact) mass is 409 g/mol.